The van der Waals surface area contributed by atoms with Crippen molar-refractivity contribution in [3.63, 3.8) is 0 Å². The lowest BCUT2D eigenvalue weighted by Gasteiger charge is -2.15. The van der Waals surface area contributed by atoms with Crippen LogP contribution in [0.1, 0.15) is 21.6 Å². The quantitative estimate of drug-likeness (QED) is 0.429. The molecule has 0 unspecified atom stereocenters. The predicted molar refractivity (Wildman–Crippen MR) is 115 cm³/mol. The van der Waals surface area contributed by atoms with Crippen LogP contribution in [0.2, 0.25) is 5.02 Å². The second-order valence-electron chi connectivity index (χ2n) is 6.91. The molecule has 1 aliphatic heterocycles. The van der Waals surface area contributed by atoms with Crippen molar-refractivity contribution in [2.45, 2.75) is 13.0 Å². The molecule has 1 amide bonds. The average Bonchev–Trinajstić information content (AvgIpc) is 3.29. The summed E-state index contributed by atoms with van der Waals surface area (Å²) in [7, 11) is 0. The van der Waals surface area contributed by atoms with Gasteiger partial charge in [0.15, 0.2) is 0 Å². The molecule has 138 valence electrons. The normalized spacial score (nSPS) is 13.3. The van der Waals surface area contributed by atoms with Crippen LogP contribution in [-0.4, -0.2) is 22.3 Å². The third kappa shape index (κ3) is 2.99. The number of rotatable bonds is 4. The maximum atomic E-state index is 13.1. The first-order chi connectivity index (χ1) is 13.7. The number of carbonyl (C=O) groups is 1. The zero-order valence-electron chi connectivity index (χ0n) is 15.1. The van der Waals surface area contributed by atoms with Gasteiger partial charge in [-0.3, -0.25) is 9.78 Å². The number of nitrogens with zero attached hydrogens (tertiary/aromatic N) is 2. The molecule has 0 saturated carbocycles. The zero-order valence-corrected chi connectivity index (χ0v) is 16.6. The minimum atomic E-state index is 0.0795. The molecule has 1 aliphatic rings. The largest absolute Gasteiger partial charge is 0.334 e. The first-order valence-corrected chi connectivity index (χ1v) is 10.5. The number of fused-ring (bicyclic) bond motifs is 2. The molecule has 2 aromatic carbocycles. The van der Waals surface area contributed by atoms with Gasteiger partial charge in [-0.2, -0.15) is 0 Å². The van der Waals surface area contributed by atoms with Crippen LogP contribution in [0.3, 0.4) is 0 Å². The fourth-order valence-electron chi connectivity index (χ4n) is 3.77. The maximum absolute atomic E-state index is 13.1. The van der Waals surface area contributed by atoms with Gasteiger partial charge in [0.2, 0.25) is 0 Å². The monoisotopic (exact) mass is 404 g/mol. The van der Waals surface area contributed by atoms with Crippen molar-refractivity contribution in [2.75, 3.05) is 6.54 Å². The highest BCUT2D eigenvalue weighted by Gasteiger charge is 2.30. The van der Waals surface area contributed by atoms with E-state index < -0.39 is 0 Å². The summed E-state index contributed by atoms with van der Waals surface area (Å²) in [6, 6.07) is 20.1. The lowest BCUT2D eigenvalue weighted by molar-refractivity contribution is 0.0780. The van der Waals surface area contributed by atoms with Crippen molar-refractivity contribution in [1.29, 1.82) is 0 Å². The van der Waals surface area contributed by atoms with Gasteiger partial charge in [0.25, 0.3) is 5.91 Å². The van der Waals surface area contributed by atoms with E-state index in [0.717, 1.165) is 44.6 Å². The molecule has 5 rings (SSSR count). The minimum Gasteiger partial charge on any atom is -0.334 e. The first kappa shape index (κ1) is 17.4. The molecular formula is C23H17ClN2OS. The van der Waals surface area contributed by atoms with Crippen LogP contribution in [0.15, 0.2) is 66.0 Å². The Bertz CT molecular complexity index is 1200. The molecule has 0 bridgehead atoms. The molecular weight excluding hydrogens is 388 g/mol. The van der Waals surface area contributed by atoms with Crippen molar-refractivity contribution in [1.82, 2.24) is 9.88 Å². The van der Waals surface area contributed by atoms with Crippen LogP contribution in [0.25, 0.3) is 21.3 Å². The number of thiophene rings is 1. The molecule has 0 aliphatic carbocycles. The summed E-state index contributed by atoms with van der Waals surface area (Å²) in [5, 5.41) is 3.79. The summed E-state index contributed by atoms with van der Waals surface area (Å²) in [6.07, 6.45) is 0.736. The predicted octanol–water partition coefficient (Wildman–Crippen LogP) is 5.82. The summed E-state index contributed by atoms with van der Waals surface area (Å²) in [4.78, 5) is 20.7. The smallest absolute Gasteiger partial charge is 0.255 e. The van der Waals surface area contributed by atoms with Crippen LogP contribution >= 0.6 is 22.9 Å². The zero-order chi connectivity index (χ0) is 19.1. The lowest BCUT2D eigenvalue weighted by atomic mass is 10.0. The number of aromatic nitrogens is 1. The standard InChI is InChI=1S/C23H17ClN2OS/c24-19-11-13-28-22(19)18-6-3-5-16-14-26(23(27)21(16)18)12-10-17-9-8-15-4-1-2-7-20(15)25-17/h1-9,11,13H,10,12,14H2. The number of benzene rings is 2. The topological polar surface area (TPSA) is 33.2 Å². The third-order valence-electron chi connectivity index (χ3n) is 5.17. The molecule has 5 heteroatoms. The average molecular weight is 405 g/mol. The lowest BCUT2D eigenvalue weighted by Crippen LogP contribution is -2.26. The van der Waals surface area contributed by atoms with Crippen molar-refractivity contribution in [3.05, 3.63) is 87.9 Å². The minimum absolute atomic E-state index is 0.0795. The van der Waals surface area contributed by atoms with Gasteiger partial charge in [-0.1, -0.05) is 54.1 Å². The molecule has 0 atom stereocenters. The fraction of sp³-hybridized carbons (Fsp3) is 0.130. The maximum Gasteiger partial charge on any atom is 0.255 e. The molecule has 0 saturated heterocycles. The molecule has 3 nitrogen and oxygen atoms in total. The second-order valence-corrected chi connectivity index (χ2v) is 8.23. The van der Waals surface area contributed by atoms with Gasteiger partial charge in [-0.15, -0.1) is 11.3 Å². The molecule has 0 N–H and O–H groups in total. The van der Waals surface area contributed by atoms with Crippen LogP contribution in [0, 0.1) is 0 Å². The first-order valence-electron chi connectivity index (χ1n) is 9.20. The van der Waals surface area contributed by atoms with E-state index in [4.69, 9.17) is 16.6 Å². The van der Waals surface area contributed by atoms with E-state index in [-0.39, 0.29) is 5.91 Å². The second kappa shape index (κ2) is 7.04. The molecule has 0 spiro atoms. The van der Waals surface area contributed by atoms with Crippen molar-refractivity contribution < 1.29 is 4.79 Å². The number of hydrogen-bond donors (Lipinski definition) is 0. The Morgan fingerprint density at radius 2 is 1.93 bits per heavy atom. The molecule has 4 aromatic rings. The third-order valence-corrected chi connectivity index (χ3v) is 6.54. The van der Waals surface area contributed by atoms with Gasteiger partial charge < -0.3 is 4.90 Å². The number of hydrogen-bond acceptors (Lipinski definition) is 3. The molecule has 3 heterocycles. The van der Waals surface area contributed by atoms with E-state index in [1.165, 1.54) is 0 Å². The molecule has 0 radical (unpaired) electrons. The summed E-state index contributed by atoms with van der Waals surface area (Å²) >= 11 is 7.90. The Kier molecular flexibility index (Phi) is 4.38. The molecule has 0 fully saturated rings. The van der Waals surface area contributed by atoms with Crippen LogP contribution in [-0.2, 0) is 13.0 Å². The summed E-state index contributed by atoms with van der Waals surface area (Å²) in [5.41, 5.74) is 4.79. The summed E-state index contributed by atoms with van der Waals surface area (Å²) < 4.78 is 0. The number of amides is 1. The van der Waals surface area contributed by atoms with Gasteiger partial charge >= 0.3 is 0 Å². The Morgan fingerprint density at radius 3 is 2.79 bits per heavy atom. The number of para-hydroxylation sites is 1. The SMILES string of the molecule is O=C1c2c(cccc2-c2sccc2Cl)CN1CCc1ccc2ccccc2n1. The molecule has 28 heavy (non-hydrogen) atoms. The Balaban J connectivity index is 1.38. The number of halogens is 1. The number of carbonyl (C=O) groups excluding carboxylic acids is 1. The van der Waals surface area contributed by atoms with E-state index in [2.05, 4.69) is 12.1 Å². The highest BCUT2D eigenvalue weighted by molar-refractivity contribution is 7.14. The highest BCUT2D eigenvalue weighted by Crippen LogP contribution is 2.39. The van der Waals surface area contributed by atoms with Gasteiger partial charge in [0, 0.05) is 36.2 Å². The van der Waals surface area contributed by atoms with E-state index in [9.17, 15) is 4.79 Å². The van der Waals surface area contributed by atoms with Gasteiger partial charge in [-0.05, 0) is 29.1 Å². The number of pyridine rings is 1. The van der Waals surface area contributed by atoms with E-state index in [1.807, 2.05) is 58.8 Å². The Hall–Kier alpha value is -2.69. The van der Waals surface area contributed by atoms with Gasteiger partial charge in [0.05, 0.1) is 21.0 Å². The van der Waals surface area contributed by atoms with E-state index in [0.29, 0.717) is 18.1 Å². The molecule has 2 aromatic heterocycles. The highest BCUT2D eigenvalue weighted by atomic mass is 35.5. The van der Waals surface area contributed by atoms with E-state index in [1.54, 1.807) is 11.3 Å². The van der Waals surface area contributed by atoms with Crippen molar-refractivity contribution >= 4 is 39.7 Å². The van der Waals surface area contributed by atoms with E-state index >= 15 is 0 Å². The van der Waals surface area contributed by atoms with Gasteiger partial charge in [-0.25, -0.2) is 0 Å². The van der Waals surface area contributed by atoms with Crippen molar-refractivity contribution in [2.24, 2.45) is 0 Å². The van der Waals surface area contributed by atoms with Crippen LogP contribution in [0.5, 0.6) is 0 Å². The van der Waals surface area contributed by atoms with Crippen LogP contribution < -0.4 is 0 Å². The Morgan fingerprint density at radius 1 is 1.04 bits per heavy atom. The van der Waals surface area contributed by atoms with Crippen molar-refractivity contribution in [3.8, 4) is 10.4 Å². The van der Waals surface area contributed by atoms with Gasteiger partial charge in [0.1, 0.15) is 0 Å². The Labute approximate surface area is 172 Å². The summed E-state index contributed by atoms with van der Waals surface area (Å²) in [5.74, 6) is 0.0795. The summed E-state index contributed by atoms with van der Waals surface area (Å²) in [6.45, 7) is 1.29. The van der Waals surface area contributed by atoms with Crippen LogP contribution in [0.4, 0.5) is 0 Å². The fourth-order valence-corrected chi connectivity index (χ4v) is 4.96.